The molecule has 29 heavy (non-hydrogen) atoms. The van der Waals surface area contributed by atoms with Gasteiger partial charge in [-0.25, -0.2) is 4.98 Å². The molecule has 1 saturated carbocycles. The lowest BCUT2D eigenvalue weighted by Gasteiger charge is -2.32. The summed E-state index contributed by atoms with van der Waals surface area (Å²) in [4.78, 5) is 23.2. The van der Waals surface area contributed by atoms with Gasteiger partial charge in [0.1, 0.15) is 11.2 Å². The Hall–Kier alpha value is -2.08. The average Bonchev–Trinajstić information content (AvgIpc) is 3.49. The Balaban J connectivity index is 1.52. The third-order valence-electron chi connectivity index (χ3n) is 5.15. The van der Waals surface area contributed by atoms with Gasteiger partial charge in [-0.05, 0) is 42.7 Å². The summed E-state index contributed by atoms with van der Waals surface area (Å²) < 4.78 is 0. The number of hydrogen-bond acceptors (Lipinski definition) is 6. The van der Waals surface area contributed by atoms with Gasteiger partial charge < -0.3 is 10.3 Å². The lowest BCUT2D eigenvalue weighted by atomic mass is 9.83. The van der Waals surface area contributed by atoms with E-state index in [-0.39, 0.29) is 11.2 Å². The van der Waals surface area contributed by atoms with Crippen LogP contribution in [0, 0.1) is 11.3 Å². The summed E-state index contributed by atoms with van der Waals surface area (Å²) in [6.07, 6.45) is 4.58. The maximum Gasteiger partial charge on any atom is 0.234 e. The minimum atomic E-state index is -0.711. The minimum Gasteiger partial charge on any atom is -0.337 e. The zero-order chi connectivity index (χ0) is 20.3. The number of hydrogen-bond donors (Lipinski definition) is 2. The molecule has 0 saturated heterocycles. The molecule has 8 heteroatoms. The maximum atomic E-state index is 12.8. The lowest BCUT2D eigenvalue weighted by molar-refractivity contribution is -0.121. The summed E-state index contributed by atoms with van der Waals surface area (Å²) in [6, 6.07) is 10.5. The van der Waals surface area contributed by atoms with Gasteiger partial charge in [-0.15, -0.1) is 22.7 Å². The van der Waals surface area contributed by atoms with Crippen molar-refractivity contribution in [3.8, 4) is 27.2 Å². The fourth-order valence-corrected chi connectivity index (χ4v) is 5.83. The summed E-state index contributed by atoms with van der Waals surface area (Å²) in [5, 5.41) is 17.1. The Morgan fingerprint density at radius 1 is 1.24 bits per heavy atom. The van der Waals surface area contributed by atoms with Crippen LogP contribution in [0.5, 0.6) is 0 Å². The van der Waals surface area contributed by atoms with E-state index in [2.05, 4.69) is 28.5 Å². The molecule has 3 heterocycles. The number of aromatic nitrogens is 2. The summed E-state index contributed by atoms with van der Waals surface area (Å²) in [6.45, 7) is 1.87. The minimum absolute atomic E-state index is 0.106. The molecule has 1 aliphatic rings. The highest BCUT2D eigenvalue weighted by molar-refractivity contribution is 8.00. The average molecular weight is 443 g/mol. The zero-order valence-electron chi connectivity index (χ0n) is 16.1. The molecule has 5 nitrogen and oxygen atoms in total. The van der Waals surface area contributed by atoms with E-state index in [0.29, 0.717) is 5.16 Å². The number of carbonyl (C=O) groups excluding carboxylic acids is 1. The van der Waals surface area contributed by atoms with Crippen LogP contribution in [0.25, 0.3) is 21.1 Å². The predicted molar refractivity (Wildman–Crippen MR) is 120 cm³/mol. The largest absolute Gasteiger partial charge is 0.337 e. The number of nitriles is 1. The van der Waals surface area contributed by atoms with Crippen LogP contribution in [0.3, 0.4) is 0 Å². The summed E-state index contributed by atoms with van der Waals surface area (Å²) in [7, 11) is 0. The zero-order valence-corrected chi connectivity index (χ0v) is 18.6. The van der Waals surface area contributed by atoms with Crippen LogP contribution in [0.4, 0.5) is 0 Å². The van der Waals surface area contributed by atoms with Gasteiger partial charge in [0, 0.05) is 0 Å². The first-order valence-electron chi connectivity index (χ1n) is 9.68. The molecule has 0 radical (unpaired) electrons. The van der Waals surface area contributed by atoms with Gasteiger partial charge in [0.2, 0.25) is 5.91 Å². The van der Waals surface area contributed by atoms with Crippen molar-refractivity contribution in [1.29, 1.82) is 5.26 Å². The molecule has 150 valence electrons. The van der Waals surface area contributed by atoms with E-state index in [1.54, 1.807) is 22.7 Å². The van der Waals surface area contributed by atoms with E-state index >= 15 is 0 Å². The Kier molecular flexibility index (Phi) is 6.09. The number of aromatic amines is 1. The molecule has 3 aromatic rings. The molecule has 1 fully saturated rings. The van der Waals surface area contributed by atoms with Crippen molar-refractivity contribution in [2.75, 3.05) is 0 Å². The fraction of sp³-hybridized carbons (Fsp3) is 0.381. The molecule has 2 N–H and O–H groups in total. The standard InChI is InChI=1S/C21H22N4OS3/c1-14(19(26)25-21(13-22)9-3-2-4-10-21)29-20-23-17(15-7-5-11-27-15)18(24-20)16-8-6-12-28-16/h5-8,11-12,14H,2-4,9-10H2,1H3,(H,23,24)(H,25,26). The van der Waals surface area contributed by atoms with Crippen LogP contribution in [-0.2, 0) is 4.79 Å². The Morgan fingerprint density at radius 2 is 1.93 bits per heavy atom. The number of nitrogens with one attached hydrogen (secondary N) is 2. The van der Waals surface area contributed by atoms with E-state index in [0.717, 1.165) is 53.2 Å². The van der Waals surface area contributed by atoms with E-state index in [4.69, 9.17) is 4.98 Å². The number of thiophene rings is 2. The van der Waals surface area contributed by atoms with E-state index in [1.165, 1.54) is 11.8 Å². The van der Waals surface area contributed by atoms with Crippen LogP contribution >= 0.6 is 34.4 Å². The van der Waals surface area contributed by atoms with Crippen molar-refractivity contribution in [1.82, 2.24) is 15.3 Å². The number of thioether (sulfide) groups is 1. The van der Waals surface area contributed by atoms with Gasteiger partial charge in [-0.1, -0.05) is 43.2 Å². The second kappa shape index (κ2) is 8.74. The van der Waals surface area contributed by atoms with Gasteiger partial charge in [-0.3, -0.25) is 4.79 Å². The highest BCUT2D eigenvalue weighted by atomic mass is 32.2. The number of rotatable bonds is 6. The molecule has 1 atom stereocenters. The molecule has 0 aliphatic heterocycles. The van der Waals surface area contributed by atoms with Crippen LogP contribution in [-0.4, -0.2) is 26.7 Å². The van der Waals surface area contributed by atoms with Gasteiger partial charge in [0.25, 0.3) is 0 Å². The van der Waals surface area contributed by atoms with E-state index in [1.807, 2.05) is 29.8 Å². The summed E-state index contributed by atoms with van der Waals surface area (Å²) >= 11 is 4.71. The molecular weight excluding hydrogens is 420 g/mol. The van der Waals surface area contributed by atoms with Crippen molar-refractivity contribution >= 4 is 40.3 Å². The van der Waals surface area contributed by atoms with Crippen LogP contribution in [0.15, 0.2) is 40.2 Å². The number of nitrogens with zero attached hydrogens (tertiary/aromatic N) is 2. The normalized spacial score (nSPS) is 16.8. The van der Waals surface area contributed by atoms with Crippen LogP contribution < -0.4 is 5.32 Å². The van der Waals surface area contributed by atoms with Crippen molar-refractivity contribution < 1.29 is 4.79 Å². The Morgan fingerprint density at radius 3 is 2.55 bits per heavy atom. The summed E-state index contributed by atoms with van der Waals surface area (Å²) in [5.74, 6) is -0.106. The molecule has 0 bridgehead atoms. The number of imidazole rings is 1. The predicted octanol–water partition coefficient (Wildman–Crippen LogP) is 5.69. The fourth-order valence-electron chi connectivity index (χ4n) is 3.58. The lowest BCUT2D eigenvalue weighted by Crippen LogP contribution is -2.50. The molecule has 3 aromatic heterocycles. The first-order valence-corrected chi connectivity index (χ1v) is 12.3. The second-order valence-corrected chi connectivity index (χ2v) is 10.4. The SMILES string of the molecule is CC(Sc1nc(-c2cccs2)c(-c2cccs2)[nH]1)C(=O)NC1(C#N)CCCCC1. The topological polar surface area (TPSA) is 81.6 Å². The molecule has 0 aromatic carbocycles. The highest BCUT2D eigenvalue weighted by Crippen LogP contribution is 2.37. The molecule has 4 rings (SSSR count). The van der Waals surface area contributed by atoms with Gasteiger partial charge in [0.15, 0.2) is 5.16 Å². The first-order chi connectivity index (χ1) is 14.1. The highest BCUT2D eigenvalue weighted by Gasteiger charge is 2.35. The number of carbonyl (C=O) groups is 1. The van der Waals surface area contributed by atoms with Gasteiger partial charge in [0.05, 0.1) is 26.8 Å². The van der Waals surface area contributed by atoms with Crippen LogP contribution in [0.2, 0.25) is 0 Å². The molecule has 1 aliphatic carbocycles. The van der Waals surface area contributed by atoms with Crippen molar-refractivity contribution in [3.63, 3.8) is 0 Å². The quantitative estimate of drug-likeness (QED) is 0.481. The molecular formula is C21H22N4OS3. The van der Waals surface area contributed by atoms with Crippen LogP contribution in [0.1, 0.15) is 39.0 Å². The summed E-state index contributed by atoms with van der Waals surface area (Å²) in [5.41, 5.74) is 1.19. The Labute approximate surface area is 182 Å². The van der Waals surface area contributed by atoms with Crippen molar-refractivity contribution in [3.05, 3.63) is 35.0 Å². The molecule has 0 spiro atoms. The third-order valence-corrected chi connectivity index (χ3v) is 7.89. The first kappa shape index (κ1) is 20.2. The maximum absolute atomic E-state index is 12.8. The molecule has 1 amide bonds. The number of amides is 1. The van der Waals surface area contributed by atoms with Gasteiger partial charge in [-0.2, -0.15) is 5.26 Å². The van der Waals surface area contributed by atoms with Crippen molar-refractivity contribution in [2.45, 2.75) is 55.0 Å². The van der Waals surface area contributed by atoms with E-state index in [9.17, 15) is 10.1 Å². The third kappa shape index (κ3) is 4.42. The molecule has 1 unspecified atom stereocenters. The monoisotopic (exact) mass is 442 g/mol. The second-order valence-electron chi connectivity index (χ2n) is 7.22. The van der Waals surface area contributed by atoms with Gasteiger partial charge >= 0.3 is 0 Å². The smallest absolute Gasteiger partial charge is 0.234 e. The number of H-pyrrole nitrogens is 1. The Bertz CT molecular complexity index is 944. The van der Waals surface area contributed by atoms with E-state index < -0.39 is 5.54 Å². The van der Waals surface area contributed by atoms with Crippen molar-refractivity contribution in [2.24, 2.45) is 0 Å².